The van der Waals surface area contributed by atoms with Crippen LogP contribution < -0.4 is 9.47 Å². The Bertz CT molecular complexity index is 2000. The van der Waals surface area contributed by atoms with Crippen LogP contribution in [0.25, 0.3) is 21.5 Å². The fourth-order valence-corrected chi connectivity index (χ4v) is 8.65. The molecule has 0 bridgehead atoms. The maximum Gasteiger partial charge on any atom is 0.420 e. The summed E-state index contributed by atoms with van der Waals surface area (Å²) in [5.74, 6) is 0.754. The summed E-state index contributed by atoms with van der Waals surface area (Å²) in [6, 6.07) is 12.2. The summed E-state index contributed by atoms with van der Waals surface area (Å²) < 4.78 is 95.4. The molecule has 2 atom stereocenters. The van der Waals surface area contributed by atoms with Gasteiger partial charge in [0.25, 0.3) is 0 Å². The van der Waals surface area contributed by atoms with Gasteiger partial charge in [-0.3, -0.25) is 20.2 Å². The zero-order chi connectivity index (χ0) is 44.5. The van der Waals surface area contributed by atoms with Crippen molar-refractivity contribution >= 4 is 21.5 Å². The highest BCUT2D eigenvalue weighted by Gasteiger charge is 2.40. The molecule has 4 aromatic rings. The SMILES string of the molecule is CC(c1ccc2c(C(F)(F)F)c(OC3CCC(C(C)(C)C)CC3)ccc2c1)[N+](=O)[O-].CC(c1ccc2c(C(F)(F)F)c(OC3CCC(C(C)(C)C)CC3)ccc2c1)[N+](=O)[O-]. The molecule has 0 radical (unpaired) electrons. The fraction of sp³-hybridized carbons (Fsp3) is 0.565. The second-order valence-corrected chi connectivity index (χ2v) is 18.7. The quantitative estimate of drug-likeness (QED) is 0.0993. The predicted molar refractivity (Wildman–Crippen MR) is 220 cm³/mol. The molecule has 0 spiro atoms. The van der Waals surface area contributed by atoms with E-state index in [-0.39, 0.29) is 45.3 Å². The normalized spacial score (nSPS) is 21.4. The maximum atomic E-state index is 13.9. The van der Waals surface area contributed by atoms with E-state index in [1.807, 2.05) is 0 Å². The molecule has 14 heteroatoms. The van der Waals surface area contributed by atoms with E-state index in [1.165, 1.54) is 62.4 Å². The molecule has 2 unspecified atom stereocenters. The van der Waals surface area contributed by atoms with E-state index in [0.717, 1.165) is 51.4 Å². The number of nitrogens with zero attached hydrogens (tertiary/aromatic N) is 2. The summed E-state index contributed by atoms with van der Waals surface area (Å²) in [7, 11) is 0. The largest absolute Gasteiger partial charge is 0.490 e. The summed E-state index contributed by atoms with van der Waals surface area (Å²) in [4.78, 5) is 21.1. The standard InChI is InChI=1S/2C23H28F3NO3/c2*1-14(27(28)29)15-5-11-19-16(13-15)6-12-20(21(19)23(24,25)26)30-18-9-7-17(8-10-18)22(2,3)4/h2*5-6,11-14,17-18H,7-10H2,1-4H3. The van der Waals surface area contributed by atoms with Crippen molar-refractivity contribution in [3.05, 3.63) is 103 Å². The summed E-state index contributed by atoms with van der Waals surface area (Å²) >= 11 is 0. The number of rotatable bonds is 8. The van der Waals surface area contributed by atoms with Gasteiger partial charge in [-0.05, 0) is 120 Å². The number of ether oxygens (including phenoxy) is 2. The zero-order valence-corrected chi connectivity index (χ0v) is 35.5. The second kappa shape index (κ2) is 17.8. The number of hydrogen-bond acceptors (Lipinski definition) is 6. The van der Waals surface area contributed by atoms with Gasteiger partial charge in [0.05, 0.1) is 12.2 Å². The van der Waals surface area contributed by atoms with Crippen molar-refractivity contribution in [1.82, 2.24) is 0 Å². The number of hydrogen-bond donors (Lipinski definition) is 0. The lowest BCUT2D eigenvalue weighted by molar-refractivity contribution is -0.524. The van der Waals surface area contributed by atoms with Gasteiger partial charge in [-0.2, -0.15) is 26.3 Å². The molecule has 0 aromatic heterocycles. The first-order valence-corrected chi connectivity index (χ1v) is 20.6. The molecule has 328 valence electrons. The third-order valence-electron chi connectivity index (χ3n) is 12.6. The number of alkyl halides is 6. The first-order valence-electron chi connectivity index (χ1n) is 20.6. The van der Waals surface area contributed by atoms with Gasteiger partial charge in [-0.15, -0.1) is 0 Å². The molecular weight excluding hydrogens is 791 g/mol. The van der Waals surface area contributed by atoms with E-state index in [9.17, 15) is 46.6 Å². The molecule has 0 N–H and O–H groups in total. The van der Waals surface area contributed by atoms with E-state index in [0.29, 0.717) is 33.7 Å². The van der Waals surface area contributed by atoms with E-state index >= 15 is 0 Å². The molecule has 2 aliphatic rings. The predicted octanol–water partition coefficient (Wildman–Crippen LogP) is 14.4. The molecular formula is C46H56F6N2O6. The Morgan fingerprint density at radius 3 is 1.12 bits per heavy atom. The molecule has 4 aromatic carbocycles. The maximum absolute atomic E-state index is 13.9. The molecule has 0 saturated heterocycles. The van der Waals surface area contributed by atoms with Gasteiger partial charge in [0, 0.05) is 34.8 Å². The van der Waals surface area contributed by atoms with Crippen LogP contribution in [-0.2, 0) is 12.4 Å². The van der Waals surface area contributed by atoms with Crippen molar-refractivity contribution in [2.75, 3.05) is 0 Å². The molecule has 2 aliphatic carbocycles. The fourth-order valence-electron chi connectivity index (χ4n) is 8.65. The Kier molecular flexibility index (Phi) is 13.8. The summed E-state index contributed by atoms with van der Waals surface area (Å²) in [5.41, 5.74) is -0.506. The Hall–Kier alpha value is -4.62. The van der Waals surface area contributed by atoms with Crippen LogP contribution in [0.2, 0.25) is 0 Å². The van der Waals surface area contributed by atoms with Gasteiger partial charge in [-0.1, -0.05) is 77.9 Å². The molecule has 8 nitrogen and oxygen atoms in total. The molecule has 0 amide bonds. The minimum absolute atomic E-state index is 0.00248. The van der Waals surface area contributed by atoms with Crippen molar-refractivity contribution < 1.29 is 45.7 Å². The summed E-state index contributed by atoms with van der Waals surface area (Å²) in [6.07, 6.45) is -2.99. The third-order valence-corrected chi connectivity index (χ3v) is 12.6. The van der Waals surface area contributed by atoms with Crippen LogP contribution in [0.5, 0.6) is 11.5 Å². The minimum atomic E-state index is -4.59. The van der Waals surface area contributed by atoms with Gasteiger partial charge >= 0.3 is 12.4 Å². The summed E-state index contributed by atoms with van der Waals surface area (Å²) in [5, 5.41) is 22.7. The Morgan fingerprint density at radius 1 is 0.533 bits per heavy atom. The number of fused-ring (bicyclic) bond motifs is 2. The highest BCUT2D eigenvalue weighted by molar-refractivity contribution is 5.90. The number of benzene rings is 4. The lowest BCUT2D eigenvalue weighted by atomic mass is 9.72. The van der Waals surface area contributed by atoms with Gasteiger partial charge in [0.1, 0.15) is 22.6 Å². The smallest absolute Gasteiger partial charge is 0.420 e. The lowest BCUT2D eigenvalue weighted by Gasteiger charge is -2.37. The van der Waals surface area contributed by atoms with Crippen LogP contribution in [-0.4, -0.2) is 22.1 Å². The van der Waals surface area contributed by atoms with Gasteiger partial charge in [0.2, 0.25) is 12.1 Å². The van der Waals surface area contributed by atoms with Crippen LogP contribution in [0.15, 0.2) is 60.7 Å². The van der Waals surface area contributed by atoms with E-state index in [4.69, 9.17) is 9.47 Å². The van der Waals surface area contributed by atoms with Gasteiger partial charge in [-0.25, -0.2) is 0 Å². The zero-order valence-electron chi connectivity index (χ0n) is 35.5. The van der Waals surface area contributed by atoms with Crippen molar-refractivity contribution in [3.8, 4) is 11.5 Å². The molecule has 60 heavy (non-hydrogen) atoms. The first kappa shape index (κ1) is 46.4. The monoisotopic (exact) mass is 846 g/mol. The molecule has 0 aliphatic heterocycles. The second-order valence-electron chi connectivity index (χ2n) is 18.7. The van der Waals surface area contributed by atoms with Crippen molar-refractivity contribution in [2.24, 2.45) is 22.7 Å². The van der Waals surface area contributed by atoms with Gasteiger partial charge < -0.3 is 9.47 Å². The van der Waals surface area contributed by atoms with Crippen LogP contribution in [0.3, 0.4) is 0 Å². The summed E-state index contributed by atoms with van der Waals surface area (Å²) in [6.45, 7) is 16.0. The number of halogens is 6. The Labute approximate surface area is 347 Å². The topological polar surface area (TPSA) is 105 Å². The van der Waals surface area contributed by atoms with E-state index in [2.05, 4.69) is 41.5 Å². The minimum Gasteiger partial charge on any atom is -0.490 e. The van der Waals surface area contributed by atoms with E-state index < -0.39 is 45.4 Å². The highest BCUT2D eigenvalue weighted by atomic mass is 19.4. The van der Waals surface area contributed by atoms with Crippen molar-refractivity contribution in [2.45, 2.75) is 143 Å². The average Bonchev–Trinajstić information content (AvgIpc) is 3.15. The van der Waals surface area contributed by atoms with Gasteiger partial charge in [0.15, 0.2) is 0 Å². The van der Waals surface area contributed by atoms with Crippen molar-refractivity contribution in [1.29, 1.82) is 0 Å². The lowest BCUT2D eigenvalue weighted by Crippen LogP contribution is -2.31. The molecule has 0 heterocycles. The molecule has 2 saturated carbocycles. The van der Waals surface area contributed by atoms with E-state index in [1.54, 1.807) is 12.1 Å². The van der Waals surface area contributed by atoms with Crippen LogP contribution >= 0.6 is 0 Å². The van der Waals surface area contributed by atoms with Crippen LogP contribution in [0.1, 0.15) is 141 Å². The van der Waals surface area contributed by atoms with Crippen LogP contribution in [0, 0.1) is 42.9 Å². The third kappa shape index (κ3) is 11.0. The average molecular weight is 847 g/mol. The first-order chi connectivity index (χ1) is 27.8. The Balaban J connectivity index is 0.000000228. The van der Waals surface area contributed by atoms with Crippen molar-refractivity contribution in [3.63, 3.8) is 0 Å². The highest BCUT2D eigenvalue weighted by Crippen LogP contribution is 2.46. The molecule has 2 fully saturated rings. The molecule has 6 rings (SSSR count). The van der Waals surface area contributed by atoms with Crippen LogP contribution in [0.4, 0.5) is 26.3 Å². The Morgan fingerprint density at radius 2 is 0.850 bits per heavy atom. The number of nitro groups is 2.